The molecule has 0 unspecified atom stereocenters. The van der Waals surface area contributed by atoms with E-state index < -0.39 is 5.69 Å². The van der Waals surface area contributed by atoms with Crippen molar-refractivity contribution in [1.29, 1.82) is 0 Å². The molecular formula is C20H17N3O4S2. The SMILES string of the molecule is CSc1cccc(NC(=O)Cn2c(=O)n(Cc3ccco3)c(=O)c3sccc32)c1. The van der Waals surface area contributed by atoms with Gasteiger partial charge in [0.15, 0.2) is 0 Å². The van der Waals surface area contributed by atoms with Gasteiger partial charge in [0, 0.05) is 10.6 Å². The third-order valence-electron chi connectivity index (χ3n) is 4.39. The fourth-order valence-corrected chi connectivity index (χ4v) is 4.33. The Bertz CT molecular complexity index is 1290. The van der Waals surface area contributed by atoms with E-state index in [1.165, 1.54) is 22.2 Å². The Morgan fingerprint density at radius 1 is 1.17 bits per heavy atom. The number of nitrogens with one attached hydrogen (secondary N) is 1. The summed E-state index contributed by atoms with van der Waals surface area (Å²) in [7, 11) is 0. The Kier molecular flexibility index (Phi) is 5.41. The molecule has 7 nitrogen and oxygen atoms in total. The highest BCUT2D eigenvalue weighted by molar-refractivity contribution is 7.98. The van der Waals surface area contributed by atoms with Crippen molar-refractivity contribution < 1.29 is 9.21 Å². The predicted molar refractivity (Wildman–Crippen MR) is 115 cm³/mol. The van der Waals surface area contributed by atoms with Crippen molar-refractivity contribution in [3.8, 4) is 0 Å². The van der Waals surface area contributed by atoms with E-state index in [2.05, 4.69) is 5.32 Å². The van der Waals surface area contributed by atoms with Gasteiger partial charge in [-0.15, -0.1) is 23.1 Å². The van der Waals surface area contributed by atoms with E-state index >= 15 is 0 Å². The molecule has 1 amide bonds. The zero-order valence-electron chi connectivity index (χ0n) is 15.5. The maximum Gasteiger partial charge on any atom is 0.332 e. The highest BCUT2D eigenvalue weighted by Crippen LogP contribution is 2.19. The number of anilines is 1. The van der Waals surface area contributed by atoms with Gasteiger partial charge in [-0.1, -0.05) is 6.07 Å². The molecule has 3 aromatic heterocycles. The average Bonchev–Trinajstić information content (AvgIpc) is 3.40. The minimum absolute atomic E-state index is 0.00982. The topological polar surface area (TPSA) is 86.2 Å². The van der Waals surface area contributed by atoms with Crippen molar-refractivity contribution in [1.82, 2.24) is 9.13 Å². The van der Waals surface area contributed by atoms with Crippen LogP contribution in [0.2, 0.25) is 0 Å². The lowest BCUT2D eigenvalue weighted by Gasteiger charge is -2.12. The molecule has 1 N–H and O–H groups in total. The van der Waals surface area contributed by atoms with Gasteiger partial charge in [0.05, 0.1) is 18.3 Å². The number of thiophene rings is 1. The molecule has 4 rings (SSSR count). The molecular weight excluding hydrogens is 410 g/mol. The van der Waals surface area contributed by atoms with Crippen LogP contribution in [0, 0.1) is 0 Å². The molecule has 4 aromatic rings. The average molecular weight is 428 g/mol. The number of benzene rings is 1. The maximum absolute atomic E-state index is 13.0. The summed E-state index contributed by atoms with van der Waals surface area (Å²) < 4.78 is 8.12. The molecule has 0 bridgehead atoms. The van der Waals surface area contributed by atoms with E-state index in [0.29, 0.717) is 21.7 Å². The van der Waals surface area contributed by atoms with E-state index in [1.807, 2.05) is 24.5 Å². The zero-order valence-corrected chi connectivity index (χ0v) is 17.1. The van der Waals surface area contributed by atoms with Gasteiger partial charge in [0.25, 0.3) is 5.56 Å². The number of fused-ring (bicyclic) bond motifs is 1. The highest BCUT2D eigenvalue weighted by atomic mass is 32.2. The van der Waals surface area contributed by atoms with Crippen molar-refractivity contribution in [2.45, 2.75) is 18.0 Å². The van der Waals surface area contributed by atoms with Crippen LogP contribution in [-0.2, 0) is 17.9 Å². The first-order valence-electron chi connectivity index (χ1n) is 8.74. The van der Waals surface area contributed by atoms with Gasteiger partial charge in [-0.2, -0.15) is 0 Å². The van der Waals surface area contributed by atoms with Crippen molar-refractivity contribution in [2.75, 3.05) is 11.6 Å². The first kappa shape index (κ1) is 19.3. The Morgan fingerprint density at radius 2 is 2.03 bits per heavy atom. The molecule has 0 aliphatic heterocycles. The fourth-order valence-electron chi connectivity index (χ4n) is 3.03. The lowest BCUT2D eigenvalue weighted by Crippen LogP contribution is -2.41. The number of nitrogens with zero attached hydrogens (tertiary/aromatic N) is 2. The summed E-state index contributed by atoms with van der Waals surface area (Å²) in [6.07, 6.45) is 3.44. The summed E-state index contributed by atoms with van der Waals surface area (Å²) in [4.78, 5) is 39.4. The van der Waals surface area contributed by atoms with Crippen LogP contribution in [0.5, 0.6) is 0 Å². The monoisotopic (exact) mass is 427 g/mol. The summed E-state index contributed by atoms with van der Waals surface area (Å²) in [5.74, 6) is 0.144. The third kappa shape index (κ3) is 3.92. The van der Waals surface area contributed by atoms with Gasteiger partial charge in [-0.3, -0.25) is 18.7 Å². The van der Waals surface area contributed by atoms with Gasteiger partial charge in [-0.05, 0) is 48.0 Å². The summed E-state index contributed by atoms with van der Waals surface area (Å²) in [6.45, 7) is -0.191. The smallest absolute Gasteiger partial charge is 0.332 e. The van der Waals surface area contributed by atoms with Crippen LogP contribution in [0.1, 0.15) is 5.76 Å². The maximum atomic E-state index is 13.0. The van der Waals surface area contributed by atoms with Crippen LogP contribution < -0.4 is 16.6 Å². The number of rotatable bonds is 6. The molecule has 1 aromatic carbocycles. The number of aromatic nitrogens is 2. The fraction of sp³-hybridized carbons (Fsp3) is 0.150. The van der Waals surface area contributed by atoms with E-state index in [-0.39, 0.29) is 24.6 Å². The van der Waals surface area contributed by atoms with Gasteiger partial charge < -0.3 is 9.73 Å². The van der Waals surface area contributed by atoms with Gasteiger partial charge in [0.1, 0.15) is 17.0 Å². The van der Waals surface area contributed by atoms with Crippen molar-refractivity contribution in [3.63, 3.8) is 0 Å². The Hall–Kier alpha value is -3.04. The predicted octanol–water partition coefficient (Wildman–Crippen LogP) is 3.23. The zero-order chi connectivity index (χ0) is 20.4. The van der Waals surface area contributed by atoms with Crippen LogP contribution in [0.4, 0.5) is 5.69 Å². The van der Waals surface area contributed by atoms with E-state index in [1.54, 1.807) is 41.4 Å². The van der Waals surface area contributed by atoms with Crippen LogP contribution in [0.15, 0.2) is 73.0 Å². The first-order chi connectivity index (χ1) is 14.1. The molecule has 9 heteroatoms. The molecule has 0 spiro atoms. The Labute approximate surface area is 173 Å². The second-order valence-corrected chi connectivity index (χ2v) is 8.05. The van der Waals surface area contributed by atoms with E-state index in [9.17, 15) is 14.4 Å². The normalized spacial score (nSPS) is 11.1. The van der Waals surface area contributed by atoms with Crippen LogP contribution >= 0.6 is 23.1 Å². The molecule has 0 saturated carbocycles. The van der Waals surface area contributed by atoms with Crippen LogP contribution in [0.3, 0.4) is 0 Å². The van der Waals surface area contributed by atoms with E-state index in [0.717, 1.165) is 9.46 Å². The highest BCUT2D eigenvalue weighted by Gasteiger charge is 2.17. The van der Waals surface area contributed by atoms with Crippen molar-refractivity contribution in [2.24, 2.45) is 0 Å². The molecule has 148 valence electrons. The second-order valence-electron chi connectivity index (χ2n) is 6.25. The lowest BCUT2D eigenvalue weighted by atomic mass is 10.3. The summed E-state index contributed by atoms with van der Waals surface area (Å²) in [6, 6.07) is 12.5. The molecule has 0 radical (unpaired) electrons. The molecule has 0 fully saturated rings. The Balaban J connectivity index is 1.69. The number of hydrogen-bond acceptors (Lipinski definition) is 6. The van der Waals surface area contributed by atoms with Crippen molar-refractivity contribution >= 4 is 44.9 Å². The van der Waals surface area contributed by atoms with Gasteiger partial charge in [0.2, 0.25) is 5.91 Å². The van der Waals surface area contributed by atoms with Crippen LogP contribution in [-0.4, -0.2) is 21.3 Å². The molecule has 0 aliphatic rings. The number of thioether (sulfide) groups is 1. The third-order valence-corrected chi connectivity index (χ3v) is 6.00. The summed E-state index contributed by atoms with van der Waals surface area (Å²) in [5.41, 5.74) is 0.167. The second kappa shape index (κ2) is 8.14. The molecule has 29 heavy (non-hydrogen) atoms. The minimum Gasteiger partial charge on any atom is -0.467 e. The van der Waals surface area contributed by atoms with E-state index in [4.69, 9.17) is 4.42 Å². The largest absolute Gasteiger partial charge is 0.467 e. The quantitative estimate of drug-likeness (QED) is 0.478. The van der Waals surface area contributed by atoms with Gasteiger partial charge in [-0.25, -0.2) is 4.79 Å². The number of carbonyl (C=O) groups excluding carboxylic acids is 1. The molecule has 3 heterocycles. The molecule has 0 atom stereocenters. The number of hydrogen-bond donors (Lipinski definition) is 1. The number of amides is 1. The molecule has 0 saturated heterocycles. The summed E-state index contributed by atoms with van der Waals surface area (Å²) in [5, 5.41) is 4.55. The standard InChI is InChI=1S/C20H17N3O4S2/c1-28-15-6-2-4-13(10-15)21-17(24)12-22-16-7-9-29-18(16)19(25)23(20(22)26)11-14-5-3-8-27-14/h2-10H,11-12H2,1H3,(H,21,24). The van der Waals surface area contributed by atoms with Crippen molar-refractivity contribution in [3.05, 3.63) is 80.7 Å². The number of carbonyl (C=O) groups is 1. The summed E-state index contributed by atoms with van der Waals surface area (Å²) >= 11 is 2.81. The van der Waals surface area contributed by atoms with Gasteiger partial charge >= 0.3 is 5.69 Å². The molecule has 0 aliphatic carbocycles. The first-order valence-corrected chi connectivity index (χ1v) is 10.8. The number of furan rings is 1. The van der Waals surface area contributed by atoms with Crippen LogP contribution in [0.25, 0.3) is 10.2 Å². The minimum atomic E-state index is -0.551. The lowest BCUT2D eigenvalue weighted by molar-refractivity contribution is -0.116. The Morgan fingerprint density at radius 3 is 2.79 bits per heavy atom.